The summed E-state index contributed by atoms with van der Waals surface area (Å²) < 4.78 is 5.20. The molecule has 3 N–H and O–H groups in total. The van der Waals surface area contributed by atoms with Crippen molar-refractivity contribution in [2.75, 3.05) is 19.8 Å². The van der Waals surface area contributed by atoms with Gasteiger partial charge in [-0.25, -0.2) is 0 Å². The van der Waals surface area contributed by atoms with Crippen LogP contribution in [0.3, 0.4) is 0 Å². The lowest BCUT2D eigenvalue weighted by Crippen LogP contribution is -2.52. The van der Waals surface area contributed by atoms with E-state index in [0.717, 1.165) is 0 Å². The van der Waals surface area contributed by atoms with E-state index in [2.05, 4.69) is 10.6 Å². The van der Waals surface area contributed by atoms with E-state index in [1.54, 1.807) is 0 Å². The summed E-state index contributed by atoms with van der Waals surface area (Å²) in [6.07, 6.45) is 1.39. The van der Waals surface area contributed by atoms with Crippen molar-refractivity contribution >= 4 is 11.9 Å². The fourth-order valence-electron chi connectivity index (χ4n) is 1.71. The number of carboxylic acids is 1. The fraction of sp³-hybridized carbons (Fsp3) is 0.818. The quantitative estimate of drug-likeness (QED) is 0.599. The van der Waals surface area contributed by atoms with Gasteiger partial charge in [0.05, 0.1) is 13.2 Å². The molecule has 0 aliphatic carbocycles. The van der Waals surface area contributed by atoms with Crippen molar-refractivity contribution in [2.24, 2.45) is 0 Å². The zero-order valence-electron chi connectivity index (χ0n) is 10.1. The van der Waals surface area contributed by atoms with E-state index in [9.17, 15) is 9.59 Å². The number of carbonyl (C=O) groups excluding carboxylic acids is 1. The molecule has 6 nitrogen and oxygen atoms in total. The molecule has 1 aliphatic rings. The molecule has 0 bridgehead atoms. The van der Waals surface area contributed by atoms with E-state index < -0.39 is 5.97 Å². The molecule has 1 heterocycles. The largest absolute Gasteiger partial charge is 0.481 e. The van der Waals surface area contributed by atoms with E-state index in [1.165, 1.54) is 0 Å². The number of ether oxygens (including phenoxy) is 1. The molecule has 0 aromatic heterocycles. The number of nitrogens with one attached hydrogen (secondary N) is 2. The predicted molar refractivity (Wildman–Crippen MR) is 61.7 cm³/mol. The van der Waals surface area contributed by atoms with Crippen LogP contribution >= 0.6 is 0 Å². The van der Waals surface area contributed by atoms with Crippen LogP contribution in [0.1, 0.15) is 26.2 Å². The summed E-state index contributed by atoms with van der Waals surface area (Å²) in [7, 11) is 0. The Morgan fingerprint density at radius 1 is 1.59 bits per heavy atom. The van der Waals surface area contributed by atoms with E-state index in [0.29, 0.717) is 32.6 Å². The molecule has 1 aliphatic heterocycles. The van der Waals surface area contributed by atoms with E-state index in [-0.39, 0.29) is 24.4 Å². The first-order valence-corrected chi connectivity index (χ1v) is 5.93. The first-order chi connectivity index (χ1) is 8.09. The van der Waals surface area contributed by atoms with Gasteiger partial charge in [0.25, 0.3) is 0 Å². The average Bonchev–Trinajstić information content (AvgIpc) is 2.29. The van der Waals surface area contributed by atoms with Crippen LogP contribution in [0, 0.1) is 0 Å². The van der Waals surface area contributed by atoms with Gasteiger partial charge in [-0.3, -0.25) is 9.59 Å². The van der Waals surface area contributed by atoms with Crippen molar-refractivity contribution in [3.05, 3.63) is 0 Å². The van der Waals surface area contributed by atoms with Gasteiger partial charge in [-0.15, -0.1) is 0 Å². The number of rotatable bonds is 6. The molecule has 0 spiro atoms. The molecule has 0 aromatic carbocycles. The number of aliphatic carboxylic acids is 1. The summed E-state index contributed by atoms with van der Waals surface area (Å²) >= 11 is 0. The first-order valence-electron chi connectivity index (χ1n) is 5.93. The minimum absolute atomic E-state index is 0.00873. The van der Waals surface area contributed by atoms with Gasteiger partial charge >= 0.3 is 5.97 Å². The Morgan fingerprint density at radius 2 is 2.35 bits per heavy atom. The van der Waals surface area contributed by atoms with Gasteiger partial charge in [0.2, 0.25) is 5.91 Å². The van der Waals surface area contributed by atoms with E-state index in [1.807, 2.05) is 6.92 Å². The molecule has 1 saturated heterocycles. The maximum Gasteiger partial charge on any atom is 0.303 e. The van der Waals surface area contributed by atoms with Crippen LogP contribution < -0.4 is 10.6 Å². The van der Waals surface area contributed by atoms with Crippen LogP contribution in [0.2, 0.25) is 0 Å². The van der Waals surface area contributed by atoms with Gasteiger partial charge in [-0.1, -0.05) is 0 Å². The summed E-state index contributed by atoms with van der Waals surface area (Å²) in [4.78, 5) is 22.1. The lowest BCUT2D eigenvalue weighted by atomic mass is 10.1. The SMILES string of the molecule is CC(CCCC(=O)O)NC(=O)C1COCCN1. The highest BCUT2D eigenvalue weighted by Crippen LogP contribution is 2.01. The highest BCUT2D eigenvalue weighted by atomic mass is 16.5. The number of amides is 1. The number of hydrogen-bond donors (Lipinski definition) is 3. The standard InChI is InChI=1S/C11H20N2O4/c1-8(3-2-4-10(14)15)13-11(16)9-7-17-6-5-12-9/h8-9,12H,2-7H2,1H3,(H,13,16)(H,14,15). The van der Waals surface area contributed by atoms with Crippen molar-refractivity contribution in [1.82, 2.24) is 10.6 Å². The summed E-state index contributed by atoms with van der Waals surface area (Å²) in [6, 6.07) is -0.295. The minimum Gasteiger partial charge on any atom is -0.481 e. The number of carbonyl (C=O) groups is 2. The Morgan fingerprint density at radius 3 is 2.94 bits per heavy atom. The van der Waals surface area contributed by atoms with Crippen molar-refractivity contribution in [3.8, 4) is 0 Å². The van der Waals surface area contributed by atoms with Gasteiger partial charge < -0.3 is 20.5 Å². The van der Waals surface area contributed by atoms with Crippen LogP contribution in [0.15, 0.2) is 0 Å². The molecule has 1 fully saturated rings. The second-order valence-corrected chi connectivity index (χ2v) is 4.28. The van der Waals surface area contributed by atoms with Crippen LogP contribution in [0.5, 0.6) is 0 Å². The monoisotopic (exact) mass is 244 g/mol. The molecule has 17 heavy (non-hydrogen) atoms. The first kappa shape index (κ1) is 13.9. The highest BCUT2D eigenvalue weighted by Gasteiger charge is 2.22. The zero-order valence-corrected chi connectivity index (χ0v) is 10.1. The lowest BCUT2D eigenvalue weighted by Gasteiger charge is -2.24. The van der Waals surface area contributed by atoms with E-state index in [4.69, 9.17) is 9.84 Å². The second-order valence-electron chi connectivity index (χ2n) is 4.28. The minimum atomic E-state index is -0.800. The molecule has 1 rings (SSSR count). The molecule has 1 amide bonds. The number of hydrogen-bond acceptors (Lipinski definition) is 4. The molecule has 98 valence electrons. The molecule has 2 unspecified atom stereocenters. The third kappa shape index (κ3) is 5.65. The maximum atomic E-state index is 11.7. The lowest BCUT2D eigenvalue weighted by molar-refractivity contribution is -0.137. The predicted octanol–water partition coefficient (Wildman–Crippen LogP) is -0.266. The molecule has 6 heteroatoms. The summed E-state index contributed by atoms with van der Waals surface area (Å²) in [5.41, 5.74) is 0. The number of carboxylic acid groups (broad SMARTS) is 1. The van der Waals surface area contributed by atoms with Crippen LogP contribution in [-0.2, 0) is 14.3 Å². The molecule has 2 atom stereocenters. The fourth-order valence-corrected chi connectivity index (χ4v) is 1.71. The topological polar surface area (TPSA) is 87.7 Å². The highest BCUT2D eigenvalue weighted by molar-refractivity contribution is 5.82. The molecule has 0 aromatic rings. The maximum absolute atomic E-state index is 11.7. The Kier molecular flexibility index (Phi) is 5.93. The third-order valence-electron chi connectivity index (χ3n) is 2.65. The smallest absolute Gasteiger partial charge is 0.303 e. The molecule has 0 saturated carbocycles. The molecule has 0 radical (unpaired) electrons. The van der Waals surface area contributed by atoms with Crippen LogP contribution in [0.4, 0.5) is 0 Å². The molecular formula is C11H20N2O4. The normalized spacial score (nSPS) is 21.8. The summed E-state index contributed by atoms with van der Waals surface area (Å²) in [5, 5.41) is 14.4. The van der Waals surface area contributed by atoms with Crippen LogP contribution in [-0.4, -0.2) is 48.8 Å². The Balaban J connectivity index is 2.18. The van der Waals surface area contributed by atoms with Gasteiger partial charge in [0.1, 0.15) is 6.04 Å². The molecular weight excluding hydrogens is 224 g/mol. The van der Waals surface area contributed by atoms with Crippen molar-refractivity contribution in [2.45, 2.75) is 38.3 Å². The van der Waals surface area contributed by atoms with Crippen molar-refractivity contribution in [1.29, 1.82) is 0 Å². The Labute approximate surface area is 101 Å². The zero-order chi connectivity index (χ0) is 12.7. The second kappa shape index (κ2) is 7.24. The Hall–Kier alpha value is -1.14. The average molecular weight is 244 g/mol. The van der Waals surface area contributed by atoms with Gasteiger partial charge in [-0.2, -0.15) is 0 Å². The van der Waals surface area contributed by atoms with Gasteiger partial charge in [0, 0.05) is 19.0 Å². The van der Waals surface area contributed by atoms with Crippen molar-refractivity contribution < 1.29 is 19.4 Å². The third-order valence-corrected chi connectivity index (χ3v) is 2.65. The van der Waals surface area contributed by atoms with E-state index >= 15 is 0 Å². The van der Waals surface area contributed by atoms with Gasteiger partial charge in [0.15, 0.2) is 0 Å². The van der Waals surface area contributed by atoms with Crippen LogP contribution in [0.25, 0.3) is 0 Å². The summed E-state index contributed by atoms with van der Waals surface area (Å²) in [5.74, 6) is -0.876. The summed E-state index contributed by atoms with van der Waals surface area (Å²) in [6.45, 7) is 3.60. The number of morpholine rings is 1. The van der Waals surface area contributed by atoms with Gasteiger partial charge in [-0.05, 0) is 19.8 Å². The Bertz CT molecular complexity index is 264. The van der Waals surface area contributed by atoms with Crippen molar-refractivity contribution in [3.63, 3.8) is 0 Å².